The zero-order chi connectivity index (χ0) is 20.3. The van der Waals surface area contributed by atoms with E-state index in [9.17, 15) is 4.79 Å². The SMILES string of the molecule is CC(C)CCCC(C)CCCC(C)CCCC(=O)OCC1=COC(C)(C)O1. The van der Waals surface area contributed by atoms with Crippen molar-refractivity contribution >= 4 is 5.97 Å². The standard InChI is InChI=1S/C23H42O4/c1-18(2)10-7-11-19(3)12-8-13-20(4)14-9-15-22(24)25-16-21-17-26-23(5,6)27-21/h17-20H,7-16H2,1-6H3. The first-order chi connectivity index (χ1) is 12.7. The molecule has 0 spiro atoms. The molecule has 2 unspecified atom stereocenters. The van der Waals surface area contributed by atoms with Gasteiger partial charge in [-0.3, -0.25) is 4.79 Å². The summed E-state index contributed by atoms with van der Waals surface area (Å²) in [6.07, 6.45) is 12.0. The number of esters is 1. The van der Waals surface area contributed by atoms with Gasteiger partial charge in [-0.25, -0.2) is 0 Å². The smallest absolute Gasteiger partial charge is 0.306 e. The van der Waals surface area contributed by atoms with Gasteiger partial charge in [0.05, 0.1) is 0 Å². The molecule has 4 heteroatoms. The maximum Gasteiger partial charge on any atom is 0.306 e. The number of ether oxygens (including phenoxy) is 3. The van der Waals surface area contributed by atoms with E-state index in [2.05, 4.69) is 27.7 Å². The fraction of sp³-hybridized carbons (Fsp3) is 0.870. The monoisotopic (exact) mass is 382 g/mol. The van der Waals surface area contributed by atoms with E-state index in [0.717, 1.165) is 24.7 Å². The Morgan fingerprint density at radius 1 is 0.963 bits per heavy atom. The van der Waals surface area contributed by atoms with E-state index in [1.807, 2.05) is 13.8 Å². The Hall–Kier alpha value is -1.19. The zero-order valence-corrected chi connectivity index (χ0v) is 18.5. The van der Waals surface area contributed by atoms with Gasteiger partial charge in [0.2, 0.25) is 5.79 Å². The highest BCUT2D eigenvalue weighted by atomic mass is 16.7. The Bertz CT molecular complexity index is 453. The molecule has 2 atom stereocenters. The van der Waals surface area contributed by atoms with Crippen molar-refractivity contribution in [1.82, 2.24) is 0 Å². The molecule has 0 N–H and O–H groups in total. The predicted molar refractivity (Wildman–Crippen MR) is 110 cm³/mol. The van der Waals surface area contributed by atoms with Crippen LogP contribution in [0.1, 0.15) is 99.3 Å². The van der Waals surface area contributed by atoms with Crippen LogP contribution in [0.3, 0.4) is 0 Å². The van der Waals surface area contributed by atoms with E-state index in [-0.39, 0.29) is 12.6 Å². The molecule has 0 radical (unpaired) electrons. The van der Waals surface area contributed by atoms with Crippen molar-refractivity contribution in [3.05, 3.63) is 12.0 Å². The summed E-state index contributed by atoms with van der Waals surface area (Å²) in [4.78, 5) is 11.8. The van der Waals surface area contributed by atoms with Crippen LogP contribution in [0.2, 0.25) is 0 Å². The second-order valence-electron chi connectivity index (χ2n) is 9.22. The molecule has 1 rings (SSSR count). The molecule has 1 aliphatic rings. The normalized spacial score (nSPS) is 17.8. The molecule has 158 valence electrons. The third-order valence-electron chi connectivity index (χ3n) is 5.18. The average molecular weight is 383 g/mol. The van der Waals surface area contributed by atoms with Gasteiger partial charge in [-0.1, -0.05) is 72.6 Å². The molecule has 0 fully saturated rings. The van der Waals surface area contributed by atoms with Crippen LogP contribution in [-0.4, -0.2) is 18.4 Å². The van der Waals surface area contributed by atoms with Gasteiger partial charge in [0.15, 0.2) is 12.4 Å². The van der Waals surface area contributed by atoms with Gasteiger partial charge in [0.1, 0.15) is 6.26 Å². The van der Waals surface area contributed by atoms with Crippen LogP contribution in [0, 0.1) is 17.8 Å². The van der Waals surface area contributed by atoms with Gasteiger partial charge >= 0.3 is 5.97 Å². The highest BCUT2D eigenvalue weighted by molar-refractivity contribution is 5.69. The van der Waals surface area contributed by atoms with Gasteiger partial charge in [-0.15, -0.1) is 0 Å². The van der Waals surface area contributed by atoms with Gasteiger partial charge < -0.3 is 14.2 Å². The average Bonchev–Trinajstić information content (AvgIpc) is 2.91. The van der Waals surface area contributed by atoms with Gasteiger partial charge in [0.25, 0.3) is 0 Å². The van der Waals surface area contributed by atoms with Crippen molar-refractivity contribution in [3.8, 4) is 0 Å². The van der Waals surface area contributed by atoms with Crippen LogP contribution in [0.15, 0.2) is 12.0 Å². The molecule has 0 aromatic heterocycles. The number of hydrogen-bond donors (Lipinski definition) is 0. The molecule has 1 aliphatic heterocycles. The Labute approximate surface area is 167 Å². The summed E-state index contributed by atoms with van der Waals surface area (Å²) in [6, 6.07) is 0. The molecule has 0 aromatic carbocycles. The summed E-state index contributed by atoms with van der Waals surface area (Å²) in [6.45, 7) is 13.1. The number of hydrogen-bond acceptors (Lipinski definition) is 4. The highest BCUT2D eigenvalue weighted by Crippen LogP contribution is 2.24. The van der Waals surface area contributed by atoms with E-state index < -0.39 is 5.79 Å². The van der Waals surface area contributed by atoms with Crippen LogP contribution in [-0.2, 0) is 19.0 Å². The van der Waals surface area contributed by atoms with Crippen molar-refractivity contribution in [3.63, 3.8) is 0 Å². The van der Waals surface area contributed by atoms with Crippen molar-refractivity contribution in [2.75, 3.05) is 6.61 Å². The topological polar surface area (TPSA) is 44.8 Å². The Morgan fingerprint density at radius 2 is 1.52 bits per heavy atom. The largest absolute Gasteiger partial charge is 0.457 e. The molecule has 0 saturated carbocycles. The van der Waals surface area contributed by atoms with E-state index in [1.165, 1.54) is 44.8 Å². The molecule has 0 aliphatic carbocycles. The van der Waals surface area contributed by atoms with Crippen molar-refractivity contribution in [2.45, 2.75) is 105 Å². The summed E-state index contributed by atoms with van der Waals surface area (Å²) in [5.74, 6) is 2.11. The number of carbonyl (C=O) groups is 1. The van der Waals surface area contributed by atoms with Crippen LogP contribution in [0.5, 0.6) is 0 Å². The molecule has 0 saturated heterocycles. The number of rotatable bonds is 14. The second-order valence-corrected chi connectivity index (χ2v) is 9.22. The van der Waals surface area contributed by atoms with E-state index >= 15 is 0 Å². The molecule has 1 heterocycles. The fourth-order valence-electron chi connectivity index (χ4n) is 3.43. The lowest BCUT2D eigenvalue weighted by Crippen LogP contribution is -2.21. The summed E-state index contributed by atoms with van der Waals surface area (Å²) in [7, 11) is 0. The minimum absolute atomic E-state index is 0.157. The van der Waals surface area contributed by atoms with Gasteiger partial charge in [0, 0.05) is 20.3 Å². The maximum atomic E-state index is 11.8. The lowest BCUT2D eigenvalue weighted by atomic mass is 9.92. The summed E-state index contributed by atoms with van der Waals surface area (Å²) in [5, 5.41) is 0. The molecule has 0 bridgehead atoms. The maximum absolute atomic E-state index is 11.8. The second kappa shape index (κ2) is 12.3. The number of carbonyl (C=O) groups excluding carboxylic acids is 1. The molecule has 0 aromatic rings. The molecule has 0 amide bonds. The van der Waals surface area contributed by atoms with Crippen molar-refractivity contribution in [1.29, 1.82) is 0 Å². The first-order valence-electron chi connectivity index (χ1n) is 10.9. The Balaban J connectivity index is 2.00. The molecule has 4 nitrogen and oxygen atoms in total. The van der Waals surface area contributed by atoms with Crippen LogP contribution in [0.4, 0.5) is 0 Å². The lowest BCUT2D eigenvalue weighted by Gasteiger charge is -2.18. The highest BCUT2D eigenvalue weighted by Gasteiger charge is 2.28. The Morgan fingerprint density at radius 3 is 2.04 bits per heavy atom. The van der Waals surface area contributed by atoms with E-state index in [1.54, 1.807) is 0 Å². The predicted octanol–water partition coefficient (Wildman–Crippen LogP) is 6.59. The molecular formula is C23H42O4. The minimum atomic E-state index is -0.650. The van der Waals surface area contributed by atoms with Gasteiger partial charge in [-0.05, 0) is 24.2 Å². The van der Waals surface area contributed by atoms with Crippen molar-refractivity contribution < 1.29 is 19.0 Å². The van der Waals surface area contributed by atoms with Crippen LogP contribution in [0.25, 0.3) is 0 Å². The van der Waals surface area contributed by atoms with Gasteiger partial charge in [-0.2, -0.15) is 0 Å². The summed E-state index contributed by atoms with van der Waals surface area (Å²) >= 11 is 0. The summed E-state index contributed by atoms with van der Waals surface area (Å²) < 4.78 is 16.1. The van der Waals surface area contributed by atoms with Crippen LogP contribution < -0.4 is 0 Å². The van der Waals surface area contributed by atoms with Crippen LogP contribution >= 0.6 is 0 Å². The third-order valence-corrected chi connectivity index (χ3v) is 5.18. The first-order valence-corrected chi connectivity index (χ1v) is 10.9. The molecular weight excluding hydrogens is 340 g/mol. The fourth-order valence-corrected chi connectivity index (χ4v) is 3.43. The Kier molecular flexibility index (Phi) is 10.9. The van der Waals surface area contributed by atoms with E-state index in [0.29, 0.717) is 18.1 Å². The van der Waals surface area contributed by atoms with E-state index in [4.69, 9.17) is 14.2 Å². The lowest BCUT2D eigenvalue weighted by molar-refractivity contribution is -0.147. The quantitative estimate of drug-likeness (QED) is 0.318. The summed E-state index contributed by atoms with van der Waals surface area (Å²) in [5.41, 5.74) is 0. The van der Waals surface area contributed by atoms with Crippen molar-refractivity contribution in [2.24, 2.45) is 17.8 Å². The molecule has 27 heavy (non-hydrogen) atoms. The zero-order valence-electron chi connectivity index (χ0n) is 18.5. The minimum Gasteiger partial charge on any atom is -0.457 e. The first kappa shape index (κ1) is 23.8. The third kappa shape index (κ3) is 12.0.